The van der Waals surface area contributed by atoms with Crippen LogP contribution in [0.3, 0.4) is 0 Å². The van der Waals surface area contributed by atoms with E-state index in [4.69, 9.17) is 22.1 Å². The number of anilines is 1. The average molecular weight is 304 g/mol. The highest BCUT2D eigenvalue weighted by molar-refractivity contribution is 7.92. The normalized spacial score (nSPS) is 24.3. The molecule has 1 fully saturated rings. The Morgan fingerprint density at radius 2 is 2.11 bits per heavy atom. The van der Waals surface area contributed by atoms with Crippen LogP contribution in [0.1, 0.15) is 25.7 Å². The van der Waals surface area contributed by atoms with Crippen LogP contribution in [0, 0.1) is 0 Å². The summed E-state index contributed by atoms with van der Waals surface area (Å²) >= 11 is 5.80. The second kappa shape index (κ2) is 5.69. The van der Waals surface area contributed by atoms with Gasteiger partial charge >= 0.3 is 0 Å². The molecule has 106 valence electrons. The first-order chi connectivity index (χ1) is 8.95. The summed E-state index contributed by atoms with van der Waals surface area (Å²) in [5.41, 5.74) is 6.00. The highest BCUT2D eigenvalue weighted by Gasteiger charge is 2.34. The third-order valence-corrected chi connectivity index (χ3v) is 6.15. The molecule has 19 heavy (non-hydrogen) atoms. The zero-order valence-electron chi connectivity index (χ0n) is 10.8. The Bertz CT molecular complexity index is 559. The van der Waals surface area contributed by atoms with Crippen molar-refractivity contribution in [1.82, 2.24) is 0 Å². The molecule has 0 bridgehead atoms. The van der Waals surface area contributed by atoms with Crippen molar-refractivity contribution in [2.75, 3.05) is 12.8 Å². The fourth-order valence-electron chi connectivity index (χ4n) is 2.56. The average Bonchev–Trinajstić information content (AvgIpc) is 2.38. The highest BCUT2D eigenvalue weighted by atomic mass is 35.5. The lowest BCUT2D eigenvalue weighted by molar-refractivity contribution is 0.0720. The van der Waals surface area contributed by atoms with E-state index in [2.05, 4.69) is 0 Å². The summed E-state index contributed by atoms with van der Waals surface area (Å²) in [6, 6.07) is 4.52. The second-order valence-electron chi connectivity index (χ2n) is 4.87. The Hall–Kier alpha value is -0.780. The van der Waals surface area contributed by atoms with Crippen molar-refractivity contribution in [1.29, 1.82) is 0 Å². The van der Waals surface area contributed by atoms with Crippen molar-refractivity contribution in [3.8, 4) is 0 Å². The van der Waals surface area contributed by atoms with E-state index in [1.165, 1.54) is 12.1 Å². The predicted molar refractivity (Wildman–Crippen MR) is 76.1 cm³/mol. The van der Waals surface area contributed by atoms with Gasteiger partial charge in [0.1, 0.15) is 0 Å². The van der Waals surface area contributed by atoms with E-state index in [1.54, 1.807) is 13.2 Å². The van der Waals surface area contributed by atoms with Crippen LogP contribution in [0.15, 0.2) is 23.1 Å². The third kappa shape index (κ3) is 3.04. The van der Waals surface area contributed by atoms with Crippen molar-refractivity contribution in [2.24, 2.45) is 0 Å². The molecule has 0 spiro atoms. The molecular formula is C13H18ClNO3S. The van der Waals surface area contributed by atoms with E-state index < -0.39 is 15.1 Å². The largest absolute Gasteiger partial charge is 0.398 e. The van der Waals surface area contributed by atoms with Gasteiger partial charge in [0, 0.05) is 12.1 Å². The standard InChI is InChI=1S/C13H18ClNO3S/c1-18-10-3-2-4-11(8-10)19(16,17)13-6-5-9(14)7-12(13)15/h5-7,10-11H,2-4,8,15H2,1H3. The summed E-state index contributed by atoms with van der Waals surface area (Å²) in [6.07, 6.45) is 2.97. The quantitative estimate of drug-likeness (QED) is 0.872. The minimum absolute atomic E-state index is 0.0158. The lowest BCUT2D eigenvalue weighted by Gasteiger charge is -2.28. The van der Waals surface area contributed by atoms with Gasteiger partial charge in [-0.15, -0.1) is 0 Å². The van der Waals surface area contributed by atoms with E-state index >= 15 is 0 Å². The number of benzene rings is 1. The van der Waals surface area contributed by atoms with Crippen LogP contribution < -0.4 is 5.73 Å². The van der Waals surface area contributed by atoms with Gasteiger partial charge in [0.2, 0.25) is 0 Å². The molecule has 2 unspecified atom stereocenters. The minimum atomic E-state index is -3.42. The number of nitrogen functional groups attached to an aromatic ring is 1. The van der Waals surface area contributed by atoms with Crippen molar-refractivity contribution in [3.63, 3.8) is 0 Å². The SMILES string of the molecule is COC1CCCC(S(=O)(=O)c2ccc(Cl)cc2N)C1. The maximum absolute atomic E-state index is 12.6. The molecule has 0 amide bonds. The van der Waals surface area contributed by atoms with Crippen LogP contribution in [0.2, 0.25) is 5.02 Å². The van der Waals surface area contributed by atoms with Crippen molar-refractivity contribution < 1.29 is 13.2 Å². The molecule has 0 saturated heterocycles. The Balaban J connectivity index is 2.31. The molecule has 0 heterocycles. The number of hydrogen-bond donors (Lipinski definition) is 1. The Morgan fingerprint density at radius 1 is 1.37 bits per heavy atom. The van der Waals surface area contributed by atoms with E-state index in [0.29, 0.717) is 17.9 Å². The molecule has 1 aromatic carbocycles. The van der Waals surface area contributed by atoms with Crippen LogP contribution >= 0.6 is 11.6 Å². The molecule has 0 aromatic heterocycles. The molecule has 2 N–H and O–H groups in total. The van der Waals surface area contributed by atoms with Gasteiger partial charge in [-0.3, -0.25) is 0 Å². The molecule has 1 saturated carbocycles. The molecule has 2 rings (SSSR count). The lowest BCUT2D eigenvalue weighted by atomic mass is 9.97. The molecule has 1 aromatic rings. The summed E-state index contributed by atoms with van der Waals surface area (Å²) < 4.78 is 30.5. The van der Waals surface area contributed by atoms with Gasteiger partial charge in [-0.1, -0.05) is 11.6 Å². The van der Waals surface area contributed by atoms with Gasteiger partial charge < -0.3 is 10.5 Å². The van der Waals surface area contributed by atoms with Crippen LogP contribution in [0.25, 0.3) is 0 Å². The van der Waals surface area contributed by atoms with Gasteiger partial charge in [0.25, 0.3) is 0 Å². The topological polar surface area (TPSA) is 69.4 Å². The third-order valence-electron chi connectivity index (χ3n) is 3.63. The van der Waals surface area contributed by atoms with Gasteiger partial charge in [0.15, 0.2) is 9.84 Å². The number of halogens is 1. The van der Waals surface area contributed by atoms with Crippen molar-refractivity contribution >= 4 is 27.1 Å². The fourth-order valence-corrected chi connectivity index (χ4v) is 4.69. The highest BCUT2D eigenvalue weighted by Crippen LogP contribution is 2.33. The molecule has 2 atom stereocenters. The van der Waals surface area contributed by atoms with E-state index in [1.807, 2.05) is 0 Å². The number of sulfone groups is 1. The Morgan fingerprint density at radius 3 is 2.74 bits per heavy atom. The summed E-state index contributed by atoms with van der Waals surface area (Å²) in [6.45, 7) is 0. The van der Waals surface area contributed by atoms with Gasteiger partial charge in [-0.25, -0.2) is 8.42 Å². The number of ether oxygens (including phenoxy) is 1. The predicted octanol–water partition coefficient (Wildman–Crippen LogP) is 2.65. The van der Waals surface area contributed by atoms with Crippen LogP contribution in [-0.2, 0) is 14.6 Å². The van der Waals surface area contributed by atoms with E-state index in [-0.39, 0.29) is 16.7 Å². The molecule has 1 aliphatic rings. The Kier molecular flexibility index (Phi) is 4.38. The van der Waals surface area contributed by atoms with Gasteiger partial charge in [-0.2, -0.15) is 0 Å². The molecule has 0 radical (unpaired) electrons. The summed E-state index contributed by atoms with van der Waals surface area (Å²) in [5, 5.41) is 0.0181. The van der Waals surface area contributed by atoms with Crippen molar-refractivity contribution in [2.45, 2.75) is 41.9 Å². The zero-order valence-corrected chi connectivity index (χ0v) is 12.4. The van der Waals surface area contributed by atoms with Crippen LogP contribution in [0.4, 0.5) is 5.69 Å². The summed E-state index contributed by atoms with van der Waals surface area (Å²) in [5.74, 6) is 0. The monoisotopic (exact) mass is 303 g/mol. The van der Waals surface area contributed by atoms with E-state index in [9.17, 15) is 8.42 Å². The number of rotatable bonds is 3. The van der Waals surface area contributed by atoms with Gasteiger partial charge in [-0.05, 0) is 43.9 Å². The second-order valence-corrected chi connectivity index (χ2v) is 7.51. The zero-order chi connectivity index (χ0) is 14.0. The molecule has 6 heteroatoms. The number of nitrogens with two attached hydrogens (primary N) is 1. The smallest absolute Gasteiger partial charge is 0.183 e. The molecular weight excluding hydrogens is 286 g/mol. The fraction of sp³-hybridized carbons (Fsp3) is 0.538. The first kappa shape index (κ1) is 14.6. The molecule has 0 aliphatic heterocycles. The number of methoxy groups -OCH3 is 1. The lowest BCUT2D eigenvalue weighted by Crippen LogP contribution is -2.32. The first-order valence-corrected chi connectivity index (χ1v) is 8.19. The van der Waals surface area contributed by atoms with Crippen molar-refractivity contribution in [3.05, 3.63) is 23.2 Å². The molecule has 4 nitrogen and oxygen atoms in total. The Labute approximate surface area is 118 Å². The minimum Gasteiger partial charge on any atom is -0.398 e. The summed E-state index contributed by atoms with van der Waals surface area (Å²) in [4.78, 5) is 0.179. The first-order valence-electron chi connectivity index (χ1n) is 6.27. The van der Waals surface area contributed by atoms with Gasteiger partial charge in [0.05, 0.1) is 21.9 Å². The summed E-state index contributed by atoms with van der Waals surface area (Å²) in [7, 11) is -1.79. The van der Waals surface area contributed by atoms with Crippen LogP contribution in [0.5, 0.6) is 0 Å². The maximum Gasteiger partial charge on any atom is 0.183 e. The van der Waals surface area contributed by atoms with Crippen LogP contribution in [-0.4, -0.2) is 26.9 Å². The molecule has 1 aliphatic carbocycles. The van der Waals surface area contributed by atoms with E-state index in [0.717, 1.165) is 12.8 Å². The maximum atomic E-state index is 12.6. The number of hydrogen-bond acceptors (Lipinski definition) is 4.